The second-order valence-corrected chi connectivity index (χ2v) is 9.12. The number of carboxylic acid groups (broad SMARTS) is 1. The molecular formula is C26H24ClN5O3. The Balaban J connectivity index is 1.40. The molecule has 0 spiro atoms. The normalized spacial score (nSPS) is 13.7. The molecule has 4 aromatic rings. The summed E-state index contributed by atoms with van der Waals surface area (Å²) >= 11 is 6.06. The van der Waals surface area contributed by atoms with Gasteiger partial charge in [0.2, 0.25) is 0 Å². The number of rotatable bonds is 8. The van der Waals surface area contributed by atoms with Crippen molar-refractivity contribution >= 4 is 34.5 Å². The van der Waals surface area contributed by atoms with Crippen LogP contribution in [-0.4, -0.2) is 54.7 Å². The van der Waals surface area contributed by atoms with Gasteiger partial charge >= 0.3 is 5.97 Å². The number of hydrogen-bond donors (Lipinski definition) is 1. The van der Waals surface area contributed by atoms with Crippen LogP contribution in [0.15, 0.2) is 60.9 Å². The lowest BCUT2D eigenvalue weighted by Gasteiger charge is -2.39. The summed E-state index contributed by atoms with van der Waals surface area (Å²) in [6, 6.07) is 14.9. The molecule has 2 aromatic carbocycles. The number of amides is 1. The molecule has 1 aliphatic rings. The zero-order chi connectivity index (χ0) is 24.4. The zero-order valence-electron chi connectivity index (χ0n) is 19.0. The van der Waals surface area contributed by atoms with E-state index in [0.717, 1.165) is 17.0 Å². The predicted octanol–water partition coefficient (Wildman–Crippen LogP) is 4.64. The molecule has 0 atom stereocenters. The highest BCUT2D eigenvalue weighted by Gasteiger charge is 2.32. The average molecular weight is 490 g/mol. The van der Waals surface area contributed by atoms with E-state index in [2.05, 4.69) is 5.10 Å². The van der Waals surface area contributed by atoms with Crippen LogP contribution in [0.25, 0.3) is 22.3 Å². The van der Waals surface area contributed by atoms with E-state index in [1.54, 1.807) is 23.2 Å². The molecule has 5 rings (SSSR count). The van der Waals surface area contributed by atoms with Crippen molar-refractivity contribution in [2.75, 3.05) is 13.1 Å². The molecule has 1 fully saturated rings. The Morgan fingerprint density at radius 2 is 1.83 bits per heavy atom. The number of aromatic nitrogens is 4. The minimum atomic E-state index is -0.809. The van der Waals surface area contributed by atoms with Crippen molar-refractivity contribution in [1.29, 1.82) is 0 Å². The molecule has 0 bridgehead atoms. The first kappa shape index (κ1) is 23.0. The van der Waals surface area contributed by atoms with Crippen LogP contribution in [0.3, 0.4) is 0 Å². The van der Waals surface area contributed by atoms with Crippen molar-refractivity contribution < 1.29 is 14.7 Å². The van der Waals surface area contributed by atoms with Crippen LogP contribution in [0.5, 0.6) is 0 Å². The number of benzene rings is 2. The van der Waals surface area contributed by atoms with Crippen molar-refractivity contribution in [3.05, 3.63) is 77.2 Å². The predicted molar refractivity (Wildman–Crippen MR) is 132 cm³/mol. The van der Waals surface area contributed by atoms with Gasteiger partial charge in [-0.15, -0.1) is 0 Å². The summed E-state index contributed by atoms with van der Waals surface area (Å²) in [5.74, 6) is -0.849. The number of nitrogens with zero attached hydrogens (tertiary/aromatic N) is 5. The van der Waals surface area contributed by atoms with Crippen molar-refractivity contribution in [1.82, 2.24) is 24.6 Å². The SMILES string of the molecule is O=C(O)CCCCc1nc2cc(C(=O)N3CC(n4cccn4)C3)ccc2nc1-c1ccc(Cl)cc1. The van der Waals surface area contributed by atoms with Gasteiger partial charge in [0, 0.05) is 48.1 Å². The van der Waals surface area contributed by atoms with Gasteiger partial charge in [0.1, 0.15) is 0 Å². The minimum absolute atomic E-state index is 0.0399. The molecule has 1 aliphatic heterocycles. The highest BCUT2D eigenvalue weighted by Crippen LogP contribution is 2.28. The molecule has 1 N–H and O–H groups in total. The summed E-state index contributed by atoms with van der Waals surface area (Å²) in [6.07, 6.45) is 5.59. The van der Waals surface area contributed by atoms with E-state index < -0.39 is 5.97 Å². The molecule has 3 heterocycles. The molecule has 0 radical (unpaired) electrons. The molecule has 2 aromatic heterocycles. The molecule has 1 amide bonds. The van der Waals surface area contributed by atoms with Crippen LogP contribution >= 0.6 is 11.6 Å². The van der Waals surface area contributed by atoms with Crippen LogP contribution in [-0.2, 0) is 11.2 Å². The number of halogens is 1. The molecule has 0 aliphatic carbocycles. The standard InChI is InChI=1S/C26H24ClN5O3/c27-19-9-6-17(7-10-19)25-22(4-1-2-5-24(33)34)29-23-14-18(8-11-21(23)30-25)26(35)31-15-20(16-31)32-13-3-12-28-32/h3,6-14,20H,1-2,4-5,15-16H2,(H,33,34). The maximum Gasteiger partial charge on any atom is 0.303 e. The Kier molecular flexibility index (Phi) is 6.46. The molecule has 8 nitrogen and oxygen atoms in total. The molecule has 9 heteroatoms. The Labute approximate surface area is 207 Å². The topological polar surface area (TPSA) is 101 Å². The van der Waals surface area contributed by atoms with Crippen LogP contribution in [0.1, 0.15) is 41.4 Å². The van der Waals surface area contributed by atoms with Crippen molar-refractivity contribution in [2.45, 2.75) is 31.7 Å². The highest BCUT2D eigenvalue weighted by molar-refractivity contribution is 6.30. The van der Waals surface area contributed by atoms with E-state index in [4.69, 9.17) is 26.7 Å². The van der Waals surface area contributed by atoms with Gasteiger partial charge in [-0.2, -0.15) is 5.10 Å². The summed E-state index contributed by atoms with van der Waals surface area (Å²) < 4.78 is 1.88. The Hall–Kier alpha value is -3.78. The van der Waals surface area contributed by atoms with Crippen LogP contribution in [0.4, 0.5) is 0 Å². The molecular weight excluding hydrogens is 466 g/mol. The number of hydrogen-bond acceptors (Lipinski definition) is 5. The van der Waals surface area contributed by atoms with Crippen molar-refractivity contribution in [2.24, 2.45) is 0 Å². The van der Waals surface area contributed by atoms with E-state index in [9.17, 15) is 9.59 Å². The smallest absolute Gasteiger partial charge is 0.303 e. The van der Waals surface area contributed by atoms with Crippen LogP contribution < -0.4 is 0 Å². The fraction of sp³-hybridized carbons (Fsp3) is 0.269. The maximum atomic E-state index is 13.0. The van der Waals surface area contributed by atoms with Gasteiger partial charge < -0.3 is 10.0 Å². The Morgan fingerprint density at radius 3 is 2.54 bits per heavy atom. The lowest BCUT2D eigenvalue weighted by molar-refractivity contribution is -0.137. The lowest BCUT2D eigenvalue weighted by atomic mass is 10.0. The molecule has 35 heavy (non-hydrogen) atoms. The van der Waals surface area contributed by atoms with E-state index in [-0.39, 0.29) is 18.4 Å². The fourth-order valence-corrected chi connectivity index (χ4v) is 4.40. The third-order valence-corrected chi connectivity index (χ3v) is 6.46. The number of aliphatic carboxylic acids is 1. The van der Waals surface area contributed by atoms with Gasteiger partial charge in [-0.05, 0) is 55.7 Å². The third-order valence-electron chi connectivity index (χ3n) is 6.20. The van der Waals surface area contributed by atoms with E-state index in [1.807, 2.05) is 47.3 Å². The van der Waals surface area contributed by atoms with Gasteiger partial charge in [-0.1, -0.05) is 23.7 Å². The molecule has 178 valence electrons. The van der Waals surface area contributed by atoms with Gasteiger partial charge in [0.05, 0.1) is 28.5 Å². The van der Waals surface area contributed by atoms with Gasteiger partial charge in [0.25, 0.3) is 5.91 Å². The highest BCUT2D eigenvalue weighted by atomic mass is 35.5. The number of carbonyl (C=O) groups excluding carboxylic acids is 1. The number of likely N-dealkylation sites (tertiary alicyclic amines) is 1. The quantitative estimate of drug-likeness (QED) is 0.362. The maximum absolute atomic E-state index is 13.0. The number of unbranched alkanes of at least 4 members (excludes halogenated alkanes) is 1. The summed E-state index contributed by atoms with van der Waals surface area (Å²) in [4.78, 5) is 35.5. The monoisotopic (exact) mass is 489 g/mol. The summed E-state index contributed by atoms with van der Waals surface area (Å²) in [6.45, 7) is 1.24. The van der Waals surface area contributed by atoms with Crippen molar-refractivity contribution in [3.63, 3.8) is 0 Å². The third kappa shape index (κ3) is 5.02. The summed E-state index contributed by atoms with van der Waals surface area (Å²) in [5.41, 5.74) is 4.32. The van der Waals surface area contributed by atoms with Crippen LogP contribution in [0.2, 0.25) is 5.02 Å². The number of carbonyl (C=O) groups is 2. The lowest BCUT2D eigenvalue weighted by Crippen LogP contribution is -2.50. The van der Waals surface area contributed by atoms with Crippen molar-refractivity contribution in [3.8, 4) is 11.3 Å². The summed E-state index contributed by atoms with van der Waals surface area (Å²) in [5, 5.41) is 13.8. The Bertz CT molecular complexity index is 1370. The number of aryl methyl sites for hydroxylation is 1. The second-order valence-electron chi connectivity index (χ2n) is 8.68. The first-order chi connectivity index (χ1) is 17.0. The Morgan fingerprint density at radius 1 is 1.03 bits per heavy atom. The largest absolute Gasteiger partial charge is 0.481 e. The second kappa shape index (κ2) is 9.84. The van der Waals surface area contributed by atoms with E-state index in [1.165, 1.54) is 0 Å². The zero-order valence-corrected chi connectivity index (χ0v) is 19.7. The minimum Gasteiger partial charge on any atom is -0.481 e. The molecule has 0 unspecified atom stereocenters. The van der Waals surface area contributed by atoms with E-state index >= 15 is 0 Å². The van der Waals surface area contributed by atoms with E-state index in [0.29, 0.717) is 54.0 Å². The molecule has 1 saturated heterocycles. The van der Waals surface area contributed by atoms with Gasteiger partial charge in [-0.3, -0.25) is 14.3 Å². The number of carboxylic acids is 1. The summed E-state index contributed by atoms with van der Waals surface area (Å²) in [7, 11) is 0. The first-order valence-electron chi connectivity index (χ1n) is 11.5. The molecule has 0 saturated carbocycles. The average Bonchev–Trinajstić information content (AvgIpc) is 3.35. The van der Waals surface area contributed by atoms with Crippen LogP contribution in [0, 0.1) is 0 Å². The fourth-order valence-electron chi connectivity index (χ4n) is 4.27. The van der Waals surface area contributed by atoms with Gasteiger partial charge in [0.15, 0.2) is 0 Å². The first-order valence-corrected chi connectivity index (χ1v) is 11.9. The van der Waals surface area contributed by atoms with Gasteiger partial charge in [-0.25, -0.2) is 9.97 Å². The number of fused-ring (bicyclic) bond motifs is 1.